The molecule has 86 valence electrons. The Morgan fingerprint density at radius 3 is 2.53 bits per heavy atom. The molecule has 0 aliphatic heterocycles. The van der Waals surface area contributed by atoms with Crippen LogP contribution in [0.25, 0.3) is 0 Å². The van der Waals surface area contributed by atoms with E-state index in [1.165, 1.54) is 32.1 Å². The van der Waals surface area contributed by atoms with Crippen molar-refractivity contribution in [3.63, 3.8) is 0 Å². The van der Waals surface area contributed by atoms with E-state index in [1.54, 1.807) is 0 Å². The predicted octanol–water partition coefficient (Wildman–Crippen LogP) is 2.19. The third-order valence-electron chi connectivity index (χ3n) is 3.56. The van der Waals surface area contributed by atoms with Crippen LogP contribution in [0.5, 0.6) is 0 Å². The van der Waals surface area contributed by atoms with Crippen LogP contribution < -0.4 is 5.32 Å². The second kappa shape index (κ2) is 5.31. The zero-order chi connectivity index (χ0) is 11.3. The summed E-state index contributed by atoms with van der Waals surface area (Å²) in [4.78, 5) is 10.5. The fourth-order valence-corrected chi connectivity index (χ4v) is 2.33. The molecule has 0 bridgehead atoms. The molecular weight excluding hydrogens is 190 g/mol. The molecule has 2 N–H and O–H groups in total. The van der Waals surface area contributed by atoms with Crippen molar-refractivity contribution in [1.82, 2.24) is 5.32 Å². The summed E-state index contributed by atoms with van der Waals surface area (Å²) in [6, 6.07) is 0. The highest BCUT2D eigenvalue weighted by atomic mass is 16.4. The van der Waals surface area contributed by atoms with E-state index in [9.17, 15) is 4.79 Å². The van der Waals surface area contributed by atoms with Crippen molar-refractivity contribution in [3.8, 4) is 0 Å². The number of carbonyl (C=O) groups is 1. The van der Waals surface area contributed by atoms with Gasteiger partial charge in [0.1, 0.15) is 0 Å². The van der Waals surface area contributed by atoms with Crippen molar-refractivity contribution < 1.29 is 9.90 Å². The maximum atomic E-state index is 10.5. The molecule has 1 fully saturated rings. The van der Waals surface area contributed by atoms with E-state index in [0.717, 1.165) is 6.54 Å². The lowest BCUT2D eigenvalue weighted by Crippen LogP contribution is -2.33. The fraction of sp³-hybridized carbons (Fsp3) is 0.750. The topological polar surface area (TPSA) is 49.3 Å². The Balaban J connectivity index is 2.29. The Kier molecular flexibility index (Phi) is 4.33. The number of rotatable bonds is 6. The van der Waals surface area contributed by atoms with E-state index in [2.05, 4.69) is 18.8 Å². The maximum Gasteiger partial charge on any atom is 0.332 e. The molecule has 0 amide bonds. The van der Waals surface area contributed by atoms with Gasteiger partial charge in [-0.1, -0.05) is 26.3 Å². The van der Waals surface area contributed by atoms with E-state index >= 15 is 0 Å². The first-order valence-electron chi connectivity index (χ1n) is 5.71. The first-order valence-corrected chi connectivity index (χ1v) is 5.71. The van der Waals surface area contributed by atoms with E-state index in [-0.39, 0.29) is 5.57 Å². The maximum absolute atomic E-state index is 10.5. The predicted molar refractivity (Wildman–Crippen MR) is 60.8 cm³/mol. The van der Waals surface area contributed by atoms with Gasteiger partial charge in [0.25, 0.3) is 0 Å². The molecule has 0 aromatic rings. The van der Waals surface area contributed by atoms with Crippen molar-refractivity contribution in [2.24, 2.45) is 5.41 Å². The monoisotopic (exact) mass is 211 g/mol. The summed E-state index contributed by atoms with van der Waals surface area (Å²) >= 11 is 0. The quantitative estimate of drug-likeness (QED) is 0.662. The van der Waals surface area contributed by atoms with Gasteiger partial charge in [-0.15, -0.1) is 0 Å². The van der Waals surface area contributed by atoms with Crippen LogP contribution >= 0.6 is 0 Å². The normalized spacial score (nSPS) is 19.0. The van der Waals surface area contributed by atoms with E-state index in [1.807, 2.05) is 0 Å². The highest BCUT2D eigenvalue weighted by molar-refractivity contribution is 5.86. The third kappa shape index (κ3) is 3.34. The first-order chi connectivity index (χ1) is 7.09. The summed E-state index contributed by atoms with van der Waals surface area (Å²) in [6.45, 7) is 7.05. The average Bonchev–Trinajstić information content (AvgIpc) is 2.67. The molecule has 0 saturated heterocycles. The molecule has 0 heterocycles. The Labute approximate surface area is 91.6 Å². The zero-order valence-corrected chi connectivity index (χ0v) is 9.51. The van der Waals surface area contributed by atoms with Crippen LogP contribution in [0.2, 0.25) is 0 Å². The van der Waals surface area contributed by atoms with Crippen molar-refractivity contribution in [2.45, 2.75) is 39.0 Å². The Morgan fingerprint density at radius 1 is 1.47 bits per heavy atom. The van der Waals surface area contributed by atoms with Gasteiger partial charge < -0.3 is 10.4 Å². The lowest BCUT2D eigenvalue weighted by molar-refractivity contribution is -0.132. The summed E-state index contributed by atoms with van der Waals surface area (Å²) in [6.07, 6.45) is 6.36. The van der Waals surface area contributed by atoms with Crippen molar-refractivity contribution in [1.29, 1.82) is 0 Å². The van der Waals surface area contributed by atoms with E-state index in [4.69, 9.17) is 5.11 Å². The molecule has 0 spiro atoms. The van der Waals surface area contributed by atoms with Crippen molar-refractivity contribution >= 4 is 5.97 Å². The molecule has 3 heteroatoms. The average molecular weight is 211 g/mol. The second-order valence-corrected chi connectivity index (χ2v) is 4.57. The van der Waals surface area contributed by atoms with Gasteiger partial charge in [0.2, 0.25) is 0 Å². The molecule has 0 unspecified atom stereocenters. The second-order valence-electron chi connectivity index (χ2n) is 4.57. The SMILES string of the molecule is C=C(CNCC1(CC)CCCC1)C(=O)O. The van der Waals surface area contributed by atoms with E-state index < -0.39 is 5.97 Å². The number of carboxylic acid groups (broad SMARTS) is 1. The fourth-order valence-electron chi connectivity index (χ4n) is 2.33. The number of hydrogen-bond acceptors (Lipinski definition) is 2. The van der Waals surface area contributed by atoms with Crippen LogP contribution in [-0.2, 0) is 4.79 Å². The number of nitrogens with one attached hydrogen (secondary N) is 1. The molecule has 1 aliphatic carbocycles. The zero-order valence-electron chi connectivity index (χ0n) is 9.51. The largest absolute Gasteiger partial charge is 0.478 e. The minimum absolute atomic E-state index is 0.249. The van der Waals surface area contributed by atoms with Gasteiger partial charge in [-0.3, -0.25) is 0 Å². The standard InChI is InChI=1S/C12H21NO2/c1-3-12(6-4-5-7-12)9-13-8-10(2)11(14)15/h13H,2-9H2,1H3,(H,14,15). The molecule has 15 heavy (non-hydrogen) atoms. The van der Waals surface area contributed by atoms with Gasteiger partial charge in [0, 0.05) is 18.7 Å². The van der Waals surface area contributed by atoms with Crippen LogP contribution in [0.3, 0.4) is 0 Å². The Hall–Kier alpha value is -0.830. The van der Waals surface area contributed by atoms with Crippen LogP contribution in [0.15, 0.2) is 12.2 Å². The van der Waals surface area contributed by atoms with Gasteiger partial charge in [-0.2, -0.15) is 0 Å². The molecular formula is C12H21NO2. The Bertz CT molecular complexity index is 242. The van der Waals surface area contributed by atoms with Crippen LogP contribution in [0.1, 0.15) is 39.0 Å². The van der Waals surface area contributed by atoms with E-state index in [0.29, 0.717) is 12.0 Å². The van der Waals surface area contributed by atoms with Crippen LogP contribution in [-0.4, -0.2) is 24.2 Å². The summed E-state index contributed by atoms with van der Waals surface area (Å²) < 4.78 is 0. The molecule has 3 nitrogen and oxygen atoms in total. The van der Waals surface area contributed by atoms with Crippen LogP contribution in [0.4, 0.5) is 0 Å². The molecule has 0 aromatic heterocycles. The van der Waals surface area contributed by atoms with Gasteiger partial charge >= 0.3 is 5.97 Å². The first kappa shape index (κ1) is 12.2. The highest BCUT2D eigenvalue weighted by Crippen LogP contribution is 2.40. The minimum atomic E-state index is -0.903. The number of aliphatic carboxylic acids is 1. The van der Waals surface area contributed by atoms with Gasteiger partial charge in [0.15, 0.2) is 0 Å². The molecule has 0 aromatic carbocycles. The van der Waals surface area contributed by atoms with Crippen molar-refractivity contribution in [2.75, 3.05) is 13.1 Å². The molecule has 1 rings (SSSR count). The number of hydrogen-bond donors (Lipinski definition) is 2. The summed E-state index contributed by atoms with van der Waals surface area (Å²) in [5, 5.41) is 11.9. The van der Waals surface area contributed by atoms with Crippen molar-refractivity contribution in [3.05, 3.63) is 12.2 Å². The molecule has 0 atom stereocenters. The summed E-state index contributed by atoms with van der Waals surface area (Å²) in [5.74, 6) is -0.903. The third-order valence-corrected chi connectivity index (χ3v) is 3.56. The lowest BCUT2D eigenvalue weighted by atomic mass is 9.83. The minimum Gasteiger partial charge on any atom is -0.478 e. The lowest BCUT2D eigenvalue weighted by Gasteiger charge is -2.27. The molecule has 0 radical (unpaired) electrons. The molecule has 1 aliphatic rings. The summed E-state index contributed by atoms with van der Waals surface area (Å²) in [7, 11) is 0. The van der Waals surface area contributed by atoms with Gasteiger partial charge in [-0.25, -0.2) is 4.79 Å². The number of carboxylic acids is 1. The highest BCUT2D eigenvalue weighted by Gasteiger charge is 2.31. The summed E-state index contributed by atoms with van der Waals surface area (Å²) in [5.41, 5.74) is 0.665. The van der Waals surface area contributed by atoms with Gasteiger partial charge in [-0.05, 0) is 24.7 Å². The van der Waals surface area contributed by atoms with Gasteiger partial charge in [0.05, 0.1) is 0 Å². The molecule has 1 saturated carbocycles. The Morgan fingerprint density at radius 2 is 2.07 bits per heavy atom. The smallest absolute Gasteiger partial charge is 0.332 e. The van der Waals surface area contributed by atoms with Crippen LogP contribution in [0, 0.1) is 5.41 Å².